The molecule has 0 spiro atoms. The van der Waals surface area contributed by atoms with Crippen molar-refractivity contribution in [3.8, 4) is 11.5 Å². The maximum atomic E-state index is 13.1. The van der Waals surface area contributed by atoms with E-state index in [1.54, 1.807) is 47.4 Å². The van der Waals surface area contributed by atoms with Crippen molar-refractivity contribution >= 4 is 40.7 Å². The second-order valence-electron chi connectivity index (χ2n) is 8.69. The molecule has 1 fully saturated rings. The minimum absolute atomic E-state index is 0.0796. The summed E-state index contributed by atoms with van der Waals surface area (Å²) in [5.41, 5.74) is 3.06. The van der Waals surface area contributed by atoms with Crippen LogP contribution in [-0.4, -0.2) is 31.1 Å². The molecule has 0 radical (unpaired) electrons. The summed E-state index contributed by atoms with van der Waals surface area (Å²) in [6.45, 7) is 2.55. The van der Waals surface area contributed by atoms with Crippen molar-refractivity contribution in [3.05, 3.63) is 82.4 Å². The number of ether oxygens (including phenoxy) is 2. The maximum absolute atomic E-state index is 13.1. The summed E-state index contributed by atoms with van der Waals surface area (Å²) in [5.74, 6) is -0.0325. The van der Waals surface area contributed by atoms with E-state index in [0.717, 1.165) is 11.1 Å². The summed E-state index contributed by atoms with van der Waals surface area (Å²) in [7, 11) is 0. The molecule has 0 saturated carbocycles. The molecule has 0 bridgehead atoms. The van der Waals surface area contributed by atoms with E-state index in [2.05, 4.69) is 10.6 Å². The summed E-state index contributed by atoms with van der Waals surface area (Å²) >= 11 is 6.22. The van der Waals surface area contributed by atoms with Gasteiger partial charge >= 0.3 is 0 Å². The Morgan fingerprint density at radius 1 is 1.06 bits per heavy atom. The molecule has 3 amide bonds. The van der Waals surface area contributed by atoms with Crippen molar-refractivity contribution in [2.75, 3.05) is 23.6 Å². The first-order valence-corrected chi connectivity index (χ1v) is 11.9. The smallest absolute Gasteiger partial charge is 0.253 e. The molecule has 36 heavy (non-hydrogen) atoms. The van der Waals surface area contributed by atoms with Crippen LogP contribution in [0.2, 0.25) is 5.02 Å². The number of fused-ring (bicyclic) bond motifs is 1. The lowest BCUT2D eigenvalue weighted by Gasteiger charge is -2.20. The molecule has 184 valence electrons. The van der Waals surface area contributed by atoms with Gasteiger partial charge in [-0.05, 0) is 54.4 Å². The fourth-order valence-electron chi connectivity index (χ4n) is 4.36. The predicted octanol–water partition coefficient (Wildman–Crippen LogP) is 4.30. The minimum Gasteiger partial charge on any atom is -0.454 e. The average Bonchev–Trinajstić information content (AvgIpc) is 3.50. The normalized spacial score (nSPS) is 16.2. The Balaban J connectivity index is 1.25. The molecule has 2 aliphatic heterocycles. The molecule has 1 saturated heterocycles. The highest BCUT2D eigenvalue weighted by molar-refractivity contribution is 6.31. The van der Waals surface area contributed by atoms with Crippen molar-refractivity contribution in [3.63, 3.8) is 0 Å². The number of amides is 3. The number of carbonyl (C=O) groups excluding carboxylic acids is 3. The highest BCUT2D eigenvalue weighted by atomic mass is 35.5. The number of para-hydroxylation sites is 1. The van der Waals surface area contributed by atoms with Crippen molar-refractivity contribution in [2.24, 2.45) is 5.92 Å². The van der Waals surface area contributed by atoms with Crippen LogP contribution in [0.25, 0.3) is 0 Å². The van der Waals surface area contributed by atoms with Gasteiger partial charge in [-0.2, -0.15) is 0 Å². The fraction of sp³-hybridized carbons (Fsp3) is 0.222. The largest absolute Gasteiger partial charge is 0.454 e. The third-order valence-corrected chi connectivity index (χ3v) is 6.75. The fourth-order valence-corrected chi connectivity index (χ4v) is 4.53. The maximum Gasteiger partial charge on any atom is 0.253 e. The van der Waals surface area contributed by atoms with Crippen LogP contribution in [0, 0.1) is 12.8 Å². The van der Waals surface area contributed by atoms with Gasteiger partial charge in [0.2, 0.25) is 18.6 Å². The number of carbonyl (C=O) groups is 3. The van der Waals surface area contributed by atoms with E-state index in [4.69, 9.17) is 21.1 Å². The monoisotopic (exact) mass is 505 g/mol. The van der Waals surface area contributed by atoms with Gasteiger partial charge in [-0.15, -0.1) is 0 Å². The molecule has 0 aliphatic carbocycles. The summed E-state index contributed by atoms with van der Waals surface area (Å²) in [5, 5.41) is 6.28. The topological polar surface area (TPSA) is 97.0 Å². The number of nitrogens with one attached hydrogen (secondary N) is 2. The van der Waals surface area contributed by atoms with Gasteiger partial charge < -0.3 is 25.0 Å². The van der Waals surface area contributed by atoms with Gasteiger partial charge in [0.1, 0.15) is 0 Å². The Hall–Kier alpha value is -4.04. The first kappa shape index (κ1) is 23.7. The summed E-state index contributed by atoms with van der Waals surface area (Å²) in [4.78, 5) is 40.3. The Bertz CT molecular complexity index is 1360. The molecule has 0 unspecified atom stereocenters. The van der Waals surface area contributed by atoms with E-state index in [0.29, 0.717) is 33.5 Å². The number of hydrogen-bond donors (Lipinski definition) is 2. The van der Waals surface area contributed by atoms with Crippen LogP contribution in [-0.2, 0) is 16.1 Å². The van der Waals surface area contributed by atoms with Crippen molar-refractivity contribution in [1.82, 2.24) is 5.32 Å². The van der Waals surface area contributed by atoms with E-state index in [9.17, 15) is 14.4 Å². The molecule has 3 aromatic carbocycles. The zero-order valence-electron chi connectivity index (χ0n) is 19.5. The van der Waals surface area contributed by atoms with Crippen molar-refractivity contribution in [1.29, 1.82) is 0 Å². The molecule has 2 heterocycles. The Labute approximate surface area is 213 Å². The van der Waals surface area contributed by atoms with E-state index in [1.807, 2.05) is 25.1 Å². The molecule has 5 rings (SSSR count). The lowest BCUT2D eigenvalue weighted by Crippen LogP contribution is -2.29. The Kier molecular flexibility index (Phi) is 6.52. The van der Waals surface area contributed by atoms with E-state index >= 15 is 0 Å². The third kappa shape index (κ3) is 4.72. The van der Waals surface area contributed by atoms with Crippen LogP contribution < -0.4 is 25.0 Å². The van der Waals surface area contributed by atoms with Crippen molar-refractivity contribution < 1.29 is 23.9 Å². The number of benzene rings is 3. The number of hydrogen-bond acceptors (Lipinski definition) is 5. The van der Waals surface area contributed by atoms with Crippen LogP contribution in [0.15, 0.2) is 60.7 Å². The Morgan fingerprint density at radius 2 is 1.86 bits per heavy atom. The molecule has 2 aliphatic rings. The standard InChI is InChI=1S/C27H24ClN3O5/c1-16-20(28)6-4-8-22(16)31-14-18(12-25(31)32)26(33)30-21-7-3-2-5-19(21)27(34)29-13-17-9-10-23-24(11-17)36-15-35-23/h2-11,18H,12-15H2,1H3,(H,29,34)(H,30,33)/t18-/m1/s1. The van der Waals surface area contributed by atoms with Gasteiger partial charge in [-0.3, -0.25) is 14.4 Å². The zero-order chi connectivity index (χ0) is 25.2. The van der Waals surface area contributed by atoms with Gasteiger partial charge in [-0.1, -0.05) is 35.9 Å². The molecule has 8 nitrogen and oxygen atoms in total. The van der Waals surface area contributed by atoms with Crippen LogP contribution in [0.1, 0.15) is 27.9 Å². The number of rotatable bonds is 6. The van der Waals surface area contributed by atoms with Gasteiger partial charge in [-0.25, -0.2) is 0 Å². The van der Waals surface area contributed by atoms with E-state index in [-0.39, 0.29) is 44.0 Å². The van der Waals surface area contributed by atoms with Crippen LogP contribution in [0.5, 0.6) is 11.5 Å². The van der Waals surface area contributed by atoms with Gasteiger partial charge in [0.05, 0.1) is 17.2 Å². The van der Waals surface area contributed by atoms with Crippen molar-refractivity contribution in [2.45, 2.75) is 19.9 Å². The molecule has 9 heteroatoms. The molecular weight excluding hydrogens is 482 g/mol. The minimum atomic E-state index is -0.555. The second kappa shape index (κ2) is 9.91. The summed E-state index contributed by atoms with van der Waals surface area (Å²) in [6.07, 6.45) is 0.0796. The SMILES string of the molecule is Cc1c(Cl)cccc1N1C[C@H](C(=O)Nc2ccccc2C(=O)NCc2ccc3c(c2)OCO3)CC1=O. The molecule has 1 atom stereocenters. The van der Waals surface area contributed by atoms with Gasteiger partial charge in [0.25, 0.3) is 5.91 Å². The first-order valence-electron chi connectivity index (χ1n) is 11.5. The third-order valence-electron chi connectivity index (χ3n) is 6.35. The molecular formula is C27H24ClN3O5. The second-order valence-corrected chi connectivity index (χ2v) is 9.10. The van der Waals surface area contributed by atoms with E-state index < -0.39 is 5.92 Å². The molecule has 2 N–H and O–H groups in total. The predicted molar refractivity (Wildman–Crippen MR) is 135 cm³/mol. The van der Waals surface area contributed by atoms with Crippen LogP contribution >= 0.6 is 11.6 Å². The number of anilines is 2. The van der Waals surface area contributed by atoms with E-state index in [1.165, 1.54) is 0 Å². The lowest BCUT2D eigenvalue weighted by molar-refractivity contribution is -0.122. The summed E-state index contributed by atoms with van der Waals surface area (Å²) < 4.78 is 10.7. The Morgan fingerprint density at radius 3 is 2.72 bits per heavy atom. The lowest BCUT2D eigenvalue weighted by atomic mass is 10.1. The first-order chi connectivity index (χ1) is 17.4. The molecule has 3 aromatic rings. The number of nitrogens with zero attached hydrogens (tertiary/aromatic N) is 1. The van der Waals surface area contributed by atoms with Gasteiger partial charge in [0, 0.05) is 30.2 Å². The average molecular weight is 506 g/mol. The number of halogens is 1. The molecule has 0 aromatic heterocycles. The highest BCUT2D eigenvalue weighted by Crippen LogP contribution is 2.33. The summed E-state index contributed by atoms with van der Waals surface area (Å²) in [6, 6.07) is 17.6. The zero-order valence-corrected chi connectivity index (χ0v) is 20.3. The van der Waals surface area contributed by atoms with Crippen LogP contribution in [0.4, 0.5) is 11.4 Å². The highest BCUT2D eigenvalue weighted by Gasteiger charge is 2.36. The quantitative estimate of drug-likeness (QED) is 0.520. The van der Waals surface area contributed by atoms with Gasteiger partial charge in [0.15, 0.2) is 11.5 Å². The van der Waals surface area contributed by atoms with Crippen LogP contribution in [0.3, 0.4) is 0 Å².